The number of nitrogens with zero attached hydrogens (tertiary/aromatic N) is 1. The molecule has 0 fully saturated rings. The van der Waals surface area contributed by atoms with Gasteiger partial charge in [-0.1, -0.05) is 23.7 Å². The molecule has 104 valence electrons. The second kappa shape index (κ2) is 5.79. The molecule has 0 atom stereocenters. The van der Waals surface area contributed by atoms with E-state index in [1.54, 1.807) is 24.3 Å². The highest BCUT2D eigenvalue weighted by Gasteiger charge is 2.11. The zero-order chi connectivity index (χ0) is 14.7. The highest BCUT2D eigenvalue weighted by Crippen LogP contribution is 2.12. The number of carbonyl (C=O) groups is 1. The van der Waals surface area contributed by atoms with Crippen LogP contribution in [-0.4, -0.2) is 15.6 Å². The van der Waals surface area contributed by atoms with Gasteiger partial charge < -0.3 is 14.4 Å². The third-order valence-corrected chi connectivity index (χ3v) is 2.98. The topological polar surface area (TPSA) is 68.5 Å². The summed E-state index contributed by atoms with van der Waals surface area (Å²) in [5.41, 5.74) is 0.307. The molecule has 0 radical (unpaired) electrons. The van der Waals surface area contributed by atoms with E-state index in [4.69, 9.17) is 21.4 Å². The molecule has 0 saturated heterocycles. The van der Waals surface area contributed by atoms with Crippen molar-refractivity contribution in [1.82, 2.24) is 4.57 Å². The van der Waals surface area contributed by atoms with Crippen LogP contribution in [0.4, 0.5) is 0 Å². The summed E-state index contributed by atoms with van der Waals surface area (Å²) in [6.07, 6.45) is 1.36. The number of benzene rings is 1. The van der Waals surface area contributed by atoms with Gasteiger partial charge in [-0.3, -0.25) is 4.79 Å². The summed E-state index contributed by atoms with van der Waals surface area (Å²) < 4.78 is 6.74. The highest BCUT2D eigenvalue weighted by molar-refractivity contribution is 6.30. The summed E-state index contributed by atoms with van der Waals surface area (Å²) in [5, 5.41) is 9.52. The van der Waals surface area contributed by atoms with Gasteiger partial charge in [0.15, 0.2) is 5.75 Å². The molecule has 2 aromatic rings. The summed E-state index contributed by atoms with van der Waals surface area (Å²) >= 11 is 5.77. The number of carboxylic acid groups (broad SMARTS) is 1. The molecular formula is C14H12ClNO4. The summed E-state index contributed by atoms with van der Waals surface area (Å²) in [6.45, 7) is 0.207. The monoisotopic (exact) mass is 293 g/mol. The molecule has 1 N–H and O–H groups in total. The van der Waals surface area contributed by atoms with Crippen LogP contribution in [0.25, 0.3) is 0 Å². The van der Waals surface area contributed by atoms with Crippen molar-refractivity contribution in [1.29, 1.82) is 0 Å². The fourth-order valence-electron chi connectivity index (χ4n) is 1.67. The lowest BCUT2D eigenvalue weighted by Gasteiger charge is -2.09. The molecule has 0 spiro atoms. The Morgan fingerprint density at radius 2 is 2.00 bits per heavy atom. The molecule has 5 nitrogen and oxygen atoms in total. The summed E-state index contributed by atoms with van der Waals surface area (Å²) in [5.74, 6) is -1.05. The number of aromatic carboxylic acids is 1. The molecule has 0 aliphatic rings. The van der Waals surface area contributed by atoms with E-state index in [0.29, 0.717) is 5.02 Å². The van der Waals surface area contributed by atoms with Crippen molar-refractivity contribution in [3.8, 4) is 5.75 Å². The van der Waals surface area contributed by atoms with Crippen molar-refractivity contribution >= 4 is 17.6 Å². The lowest BCUT2D eigenvalue weighted by molar-refractivity contribution is 0.0685. The van der Waals surface area contributed by atoms with E-state index in [2.05, 4.69) is 0 Å². The van der Waals surface area contributed by atoms with Gasteiger partial charge in [-0.05, 0) is 17.7 Å². The predicted octanol–water partition coefficient (Wildman–Crippen LogP) is 2.32. The first-order valence-electron chi connectivity index (χ1n) is 5.78. The molecule has 0 unspecified atom stereocenters. The van der Waals surface area contributed by atoms with Crippen LogP contribution in [0.3, 0.4) is 0 Å². The fraction of sp³-hybridized carbons (Fsp3) is 0.143. The zero-order valence-corrected chi connectivity index (χ0v) is 11.4. The number of aromatic nitrogens is 1. The molecule has 2 rings (SSSR count). The number of carboxylic acids is 1. The van der Waals surface area contributed by atoms with Gasteiger partial charge in [-0.15, -0.1) is 0 Å². The van der Waals surface area contributed by atoms with Crippen molar-refractivity contribution in [2.75, 3.05) is 0 Å². The first-order chi connectivity index (χ1) is 9.47. The molecule has 1 heterocycles. The molecule has 20 heavy (non-hydrogen) atoms. The number of hydrogen-bond donors (Lipinski definition) is 1. The van der Waals surface area contributed by atoms with Crippen molar-refractivity contribution in [2.45, 2.75) is 6.61 Å². The van der Waals surface area contributed by atoms with E-state index in [9.17, 15) is 9.59 Å². The van der Waals surface area contributed by atoms with E-state index in [-0.39, 0.29) is 18.1 Å². The molecule has 1 aromatic heterocycles. The maximum atomic E-state index is 11.7. The van der Waals surface area contributed by atoms with Gasteiger partial charge in [0.05, 0.1) is 6.20 Å². The van der Waals surface area contributed by atoms with Crippen molar-refractivity contribution < 1.29 is 14.6 Å². The lowest BCUT2D eigenvalue weighted by atomic mass is 10.2. The Morgan fingerprint density at radius 1 is 1.35 bits per heavy atom. The third-order valence-electron chi connectivity index (χ3n) is 2.73. The number of aryl methyl sites for hydroxylation is 1. The van der Waals surface area contributed by atoms with Gasteiger partial charge in [-0.2, -0.15) is 0 Å². The van der Waals surface area contributed by atoms with E-state index in [0.717, 1.165) is 11.6 Å². The maximum absolute atomic E-state index is 11.7. The first-order valence-corrected chi connectivity index (χ1v) is 6.16. The maximum Gasteiger partial charge on any atom is 0.352 e. The van der Waals surface area contributed by atoms with Crippen LogP contribution in [-0.2, 0) is 13.7 Å². The molecule has 1 aromatic carbocycles. The van der Waals surface area contributed by atoms with E-state index in [1.165, 1.54) is 17.8 Å². The van der Waals surface area contributed by atoms with Crippen LogP contribution >= 0.6 is 11.6 Å². The van der Waals surface area contributed by atoms with Gasteiger partial charge >= 0.3 is 5.97 Å². The Balaban J connectivity index is 2.18. The van der Waals surface area contributed by atoms with Crippen LogP contribution in [0.2, 0.25) is 5.02 Å². The number of ether oxygens (including phenoxy) is 1. The predicted molar refractivity (Wildman–Crippen MR) is 74.4 cm³/mol. The Kier molecular flexibility index (Phi) is 4.10. The minimum Gasteiger partial charge on any atom is -0.483 e. The van der Waals surface area contributed by atoms with Gasteiger partial charge in [0, 0.05) is 18.1 Å². The van der Waals surface area contributed by atoms with Gasteiger partial charge in [-0.25, -0.2) is 4.79 Å². The van der Waals surface area contributed by atoms with Crippen LogP contribution in [0.1, 0.15) is 16.1 Å². The molecule has 0 amide bonds. The molecule has 0 aliphatic heterocycles. The minimum atomic E-state index is -1.16. The highest BCUT2D eigenvalue weighted by atomic mass is 35.5. The number of hydrogen-bond acceptors (Lipinski definition) is 3. The molecule has 6 heteroatoms. The van der Waals surface area contributed by atoms with Crippen LogP contribution < -0.4 is 10.2 Å². The van der Waals surface area contributed by atoms with E-state index in [1.807, 2.05) is 0 Å². The van der Waals surface area contributed by atoms with E-state index >= 15 is 0 Å². The minimum absolute atomic E-state index is 0.0890. The fourth-order valence-corrected chi connectivity index (χ4v) is 1.79. The lowest BCUT2D eigenvalue weighted by Crippen LogP contribution is -2.16. The number of halogens is 1. The Morgan fingerprint density at radius 3 is 2.60 bits per heavy atom. The Labute approximate surface area is 120 Å². The van der Waals surface area contributed by atoms with Gasteiger partial charge in [0.25, 0.3) is 0 Å². The Hall–Kier alpha value is -2.27. The number of pyridine rings is 1. The quantitative estimate of drug-likeness (QED) is 0.939. The van der Waals surface area contributed by atoms with Crippen molar-refractivity contribution in [2.24, 2.45) is 7.05 Å². The van der Waals surface area contributed by atoms with Crippen LogP contribution in [0, 0.1) is 0 Å². The third kappa shape index (κ3) is 3.19. The van der Waals surface area contributed by atoms with Gasteiger partial charge in [0.2, 0.25) is 5.43 Å². The van der Waals surface area contributed by atoms with Crippen LogP contribution in [0.15, 0.2) is 41.3 Å². The van der Waals surface area contributed by atoms with Gasteiger partial charge in [0.1, 0.15) is 12.3 Å². The first kappa shape index (κ1) is 14.1. The van der Waals surface area contributed by atoms with Crippen LogP contribution in [0.5, 0.6) is 5.75 Å². The second-order valence-electron chi connectivity index (χ2n) is 4.22. The molecular weight excluding hydrogens is 282 g/mol. The molecule has 0 saturated carbocycles. The zero-order valence-electron chi connectivity index (χ0n) is 10.7. The van der Waals surface area contributed by atoms with Crippen molar-refractivity contribution in [3.63, 3.8) is 0 Å². The molecule has 0 bridgehead atoms. The second-order valence-corrected chi connectivity index (χ2v) is 4.65. The summed E-state index contributed by atoms with van der Waals surface area (Å²) in [6, 6.07) is 8.08. The average molecular weight is 294 g/mol. The van der Waals surface area contributed by atoms with Crippen molar-refractivity contribution in [3.05, 3.63) is 63.0 Å². The smallest absolute Gasteiger partial charge is 0.352 e. The standard InChI is InChI=1S/C14H12ClNO4/c1-16-7-13(12(17)6-11(16)14(18)19)20-8-9-2-4-10(15)5-3-9/h2-7H,8H2,1H3,(H,18,19). The normalized spacial score (nSPS) is 10.3. The summed E-state index contributed by atoms with van der Waals surface area (Å²) in [4.78, 5) is 22.6. The van der Waals surface area contributed by atoms with E-state index < -0.39 is 11.4 Å². The SMILES string of the molecule is Cn1cc(OCc2ccc(Cl)cc2)c(=O)cc1C(=O)O. The number of rotatable bonds is 4. The average Bonchev–Trinajstić information content (AvgIpc) is 2.41. The molecule has 0 aliphatic carbocycles. The largest absolute Gasteiger partial charge is 0.483 e. The summed E-state index contributed by atoms with van der Waals surface area (Å²) in [7, 11) is 1.54. The Bertz CT molecular complexity index is 691.